The number of hydrogen-bond donors (Lipinski definition) is 3. The predicted octanol–water partition coefficient (Wildman–Crippen LogP) is 0.165. The Morgan fingerprint density at radius 2 is 2.14 bits per heavy atom. The summed E-state index contributed by atoms with van der Waals surface area (Å²) in [5, 5.41) is 14.7. The molecule has 0 atom stereocenters. The molecule has 1 aromatic heterocycles. The molecule has 3 N–H and O–H groups in total. The smallest absolute Gasteiger partial charge is 0.354 e. The molecular weight excluding hydrogens is 274 g/mol. The Morgan fingerprint density at radius 1 is 1.38 bits per heavy atom. The molecule has 0 radical (unpaired) electrons. The second-order valence-corrected chi connectivity index (χ2v) is 4.89. The summed E-state index contributed by atoms with van der Waals surface area (Å²) in [6.07, 6.45) is 3.44. The van der Waals surface area contributed by atoms with Gasteiger partial charge in [0.25, 0.3) is 0 Å². The maximum Gasteiger partial charge on any atom is 0.354 e. The quantitative estimate of drug-likeness (QED) is 0.691. The zero-order valence-electron chi connectivity index (χ0n) is 11.7. The van der Waals surface area contributed by atoms with E-state index in [1.807, 2.05) is 0 Å². The minimum atomic E-state index is -1.07. The van der Waals surface area contributed by atoms with Crippen molar-refractivity contribution in [3.8, 4) is 0 Å². The number of ether oxygens (including phenoxy) is 1. The van der Waals surface area contributed by atoms with Gasteiger partial charge < -0.3 is 20.5 Å². The van der Waals surface area contributed by atoms with Crippen molar-refractivity contribution in [1.82, 2.24) is 15.6 Å². The summed E-state index contributed by atoms with van der Waals surface area (Å²) in [7, 11) is 0. The van der Waals surface area contributed by atoms with Crippen LogP contribution in [-0.4, -0.2) is 47.8 Å². The molecule has 1 amide bonds. The number of aromatic carboxylic acids is 1. The van der Waals surface area contributed by atoms with Gasteiger partial charge in [0.2, 0.25) is 5.91 Å². The number of piperidine rings is 1. The number of carboxylic acid groups (broad SMARTS) is 1. The van der Waals surface area contributed by atoms with Crippen molar-refractivity contribution >= 4 is 11.9 Å². The summed E-state index contributed by atoms with van der Waals surface area (Å²) < 4.78 is 5.54. The van der Waals surface area contributed by atoms with Gasteiger partial charge in [0.15, 0.2) is 0 Å². The van der Waals surface area contributed by atoms with Gasteiger partial charge in [-0.25, -0.2) is 9.78 Å². The third-order valence-electron chi connectivity index (χ3n) is 3.27. The fourth-order valence-electron chi connectivity index (χ4n) is 2.06. The van der Waals surface area contributed by atoms with E-state index in [1.54, 1.807) is 6.07 Å². The van der Waals surface area contributed by atoms with Crippen LogP contribution in [0.2, 0.25) is 0 Å². The van der Waals surface area contributed by atoms with Crippen LogP contribution >= 0.6 is 0 Å². The number of hydrogen-bond acceptors (Lipinski definition) is 5. The van der Waals surface area contributed by atoms with Crippen LogP contribution in [0.3, 0.4) is 0 Å². The lowest BCUT2D eigenvalue weighted by Crippen LogP contribution is -2.35. The number of rotatable bonds is 6. The van der Waals surface area contributed by atoms with Crippen molar-refractivity contribution in [1.29, 1.82) is 0 Å². The van der Waals surface area contributed by atoms with E-state index in [9.17, 15) is 9.59 Å². The Kier molecular flexibility index (Phi) is 5.65. The first-order chi connectivity index (χ1) is 10.1. The Balaban J connectivity index is 1.69. The van der Waals surface area contributed by atoms with Gasteiger partial charge in [-0.2, -0.15) is 0 Å². The third-order valence-corrected chi connectivity index (χ3v) is 3.27. The highest BCUT2D eigenvalue weighted by atomic mass is 16.5. The predicted molar refractivity (Wildman–Crippen MR) is 74.9 cm³/mol. The number of aromatic nitrogens is 1. The van der Waals surface area contributed by atoms with E-state index in [0.29, 0.717) is 6.54 Å². The van der Waals surface area contributed by atoms with Crippen LogP contribution in [0.4, 0.5) is 0 Å². The van der Waals surface area contributed by atoms with Crippen molar-refractivity contribution in [2.75, 3.05) is 19.7 Å². The van der Waals surface area contributed by atoms with Crippen molar-refractivity contribution in [2.24, 2.45) is 0 Å². The van der Waals surface area contributed by atoms with Gasteiger partial charge in [-0.3, -0.25) is 4.79 Å². The van der Waals surface area contributed by atoms with Gasteiger partial charge in [0, 0.05) is 12.7 Å². The zero-order valence-corrected chi connectivity index (χ0v) is 11.7. The molecule has 2 rings (SSSR count). The van der Waals surface area contributed by atoms with Crippen LogP contribution < -0.4 is 10.6 Å². The van der Waals surface area contributed by atoms with Crippen LogP contribution in [0.1, 0.15) is 28.9 Å². The molecule has 0 aromatic carbocycles. The fourth-order valence-corrected chi connectivity index (χ4v) is 2.06. The average Bonchev–Trinajstić information content (AvgIpc) is 2.52. The highest BCUT2D eigenvalue weighted by Gasteiger charge is 2.14. The molecule has 0 aliphatic carbocycles. The number of amides is 1. The summed E-state index contributed by atoms with van der Waals surface area (Å²) >= 11 is 0. The second-order valence-electron chi connectivity index (χ2n) is 4.89. The van der Waals surface area contributed by atoms with Gasteiger partial charge in [-0.1, -0.05) is 6.07 Å². The molecule has 0 saturated carbocycles. The maximum atomic E-state index is 11.7. The van der Waals surface area contributed by atoms with E-state index in [1.165, 1.54) is 12.3 Å². The summed E-state index contributed by atoms with van der Waals surface area (Å²) in [5.41, 5.74) is 0.731. The molecule has 0 unspecified atom stereocenters. The molecule has 1 aromatic rings. The normalized spacial score (nSPS) is 15.6. The maximum absolute atomic E-state index is 11.7. The molecule has 21 heavy (non-hydrogen) atoms. The monoisotopic (exact) mass is 293 g/mol. The van der Waals surface area contributed by atoms with E-state index < -0.39 is 5.97 Å². The van der Waals surface area contributed by atoms with Crippen molar-refractivity contribution in [3.63, 3.8) is 0 Å². The van der Waals surface area contributed by atoms with Crippen LogP contribution in [0, 0.1) is 0 Å². The van der Waals surface area contributed by atoms with Gasteiger partial charge in [-0.15, -0.1) is 0 Å². The van der Waals surface area contributed by atoms with Gasteiger partial charge in [0.1, 0.15) is 12.3 Å². The first kappa shape index (κ1) is 15.4. The number of carboxylic acids is 1. The van der Waals surface area contributed by atoms with Crippen LogP contribution in [0.25, 0.3) is 0 Å². The number of pyridine rings is 1. The first-order valence-electron chi connectivity index (χ1n) is 6.92. The van der Waals surface area contributed by atoms with Gasteiger partial charge in [0.05, 0.1) is 6.10 Å². The van der Waals surface area contributed by atoms with Gasteiger partial charge in [-0.05, 0) is 37.6 Å². The number of nitrogens with zero attached hydrogens (tertiary/aromatic N) is 1. The van der Waals surface area contributed by atoms with E-state index in [0.717, 1.165) is 31.5 Å². The number of nitrogens with one attached hydrogen (secondary N) is 2. The van der Waals surface area contributed by atoms with E-state index in [4.69, 9.17) is 9.84 Å². The lowest BCUT2D eigenvalue weighted by atomic mass is 10.1. The van der Waals surface area contributed by atoms with Crippen molar-refractivity contribution < 1.29 is 19.4 Å². The summed E-state index contributed by atoms with van der Waals surface area (Å²) in [4.78, 5) is 26.1. The standard InChI is InChI=1S/C14H19N3O4/c18-13(9-21-11-3-5-15-6-4-11)17-8-10-1-2-12(14(19)20)16-7-10/h1-2,7,11,15H,3-6,8-9H2,(H,17,18)(H,19,20). The molecule has 2 heterocycles. The molecule has 1 aliphatic rings. The van der Waals surface area contributed by atoms with Crippen LogP contribution in [-0.2, 0) is 16.1 Å². The molecule has 1 aliphatic heterocycles. The minimum Gasteiger partial charge on any atom is -0.477 e. The van der Waals surface area contributed by atoms with E-state index in [2.05, 4.69) is 15.6 Å². The molecule has 0 bridgehead atoms. The van der Waals surface area contributed by atoms with Crippen LogP contribution in [0.5, 0.6) is 0 Å². The summed E-state index contributed by atoms with van der Waals surface area (Å²) in [6, 6.07) is 3.04. The highest BCUT2D eigenvalue weighted by molar-refractivity contribution is 5.85. The minimum absolute atomic E-state index is 0.0145. The summed E-state index contributed by atoms with van der Waals surface area (Å²) in [5.74, 6) is -1.25. The van der Waals surface area contributed by atoms with Crippen molar-refractivity contribution in [3.05, 3.63) is 29.6 Å². The lowest BCUT2D eigenvalue weighted by molar-refractivity contribution is -0.128. The lowest BCUT2D eigenvalue weighted by Gasteiger charge is -2.22. The molecular formula is C14H19N3O4. The molecule has 114 valence electrons. The number of carbonyl (C=O) groups excluding carboxylic acids is 1. The molecule has 1 saturated heterocycles. The third kappa shape index (κ3) is 5.13. The Labute approximate surface area is 122 Å². The fraction of sp³-hybridized carbons (Fsp3) is 0.500. The van der Waals surface area contributed by atoms with Gasteiger partial charge >= 0.3 is 5.97 Å². The van der Waals surface area contributed by atoms with Crippen LogP contribution in [0.15, 0.2) is 18.3 Å². The zero-order chi connectivity index (χ0) is 15.1. The molecule has 7 nitrogen and oxygen atoms in total. The number of carbonyl (C=O) groups is 2. The molecule has 7 heteroatoms. The highest BCUT2D eigenvalue weighted by Crippen LogP contribution is 2.06. The second kappa shape index (κ2) is 7.70. The Morgan fingerprint density at radius 3 is 2.76 bits per heavy atom. The van der Waals surface area contributed by atoms with E-state index in [-0.39, 0.29) is 24.3 Å². The average molecular weight is 293 g/mol. The molecule has 1 fully saturated rings. The Bertz CT molecular complexity index is 483. The SMILES string of the molecule is O=C(COC1CCNCC1)NCc1ccc(C(=O)O)nc1. The molecule has 0 spiro atoms. The first-order valence-corrected chi connectivity index (χ1v) is 6.92. The topological polar surface area (TPSA) is 101 Å². The van der Waals surface area contributed by atoms with Crippen molar-refractivity contribution in [2.45, 2.75) is 25.5 Å². The largest absolute Gasteiger partial charge is 0.477 e. The summed E-state index contributed by atoms with van der Waals surface area (Å²) in [6.45, 7) is 2.20. The van der Waals surface area contributed by atoms with E-state index >= 15 is 0 Å². The Hall–Kier alpha value is -1.99.